The van der Waals surface area contributed by atoms with Crippen LogP contribution in [-0.4, -0.2) is 79.1 Å². The molecule has 4 nitrogen and oxygen atoms in total. The molecule has 0 aromatic heterocycles. The number of aliphatic hydroxyl groups excluding tert-OH is 2. The van der Waals surface area contributed by atoms with Gasteiger partial charge in [-0.15, -0.1) is 0 Å². The van der Waals surface area contributed by atoms with Crippen molar-refractivity contribution in [3.05, 3.63) is 0 Å². The molecule has 1 rings (SSSR count). The zero-order valence-electron chi connectivity index (χ0n) is 8.45. The molecule has 0 radical (unpaired) electrons. The third kappa shape index (κ3) is 2.91. The van der Waals surface area contributed by atoms with Crippen molar-refractivity contribution in [3.8, 4) is 0 Å². The fraction of sp³-hybridized carbons (Fsp3) is 1.00. The van der Waals surface area contributed by atoms with Crippen LogP contribution in [0.4, 0.5) is 0 Å². The van der Waals surface area contributed by atoms with E-state index in [0.29, 0.717) is 0 Å². The monoisotopic (exact) mass is 189 g/mol. The molecule has 78 valence electrons. The lowest BCUT2D eigenvalue weighted by molar-refractivity contribution is -0.932. The Hall–Kier alpha value is -0.160. The summed E-state index contributed by atoms with van der Waals surface area (Å²) >= 11 is 0. The Kier molecular flexibility index (Phi) is 4.12. The molecule has 0 aliphatic carbocycles. The Balaban J connectivity index is 2.47. The zero-order chi connectivity index (χ0) is 9.73. The minimum atomic E-state index is 0.226. The lowest BCUT2D eigenvalue weighted by Gasteiger charge is -2.43. The van der Waals surface area contributed by atoms with Gasteiger partial charge in [0.15, 0.2) is 0 Å². The third-order valence-corrected chi connectivity index (χ3v) is 3.06. The van der Waals surface area contributed by atoms with Crippen molar-refractivity contribution in [2.24, 2.45) is 0 Å². The van der Waals surface area contributed by atoms with E-state index in [1.165, 1.54) is 0 Å². The third-order valence-electron chi connectivity index (χ3n) is 3.06. The molecule has 0 atom stereocenters. The summed E-state index contributed by atoms with van der Waals surface area (Å²) in [5.41, 5.74) is 0. The highest BCUT2D eigenvalue weighted by Gasteiger charge is 2.30. The van der Waals surface area contributed by atoms with Crippen LogP contribution in [0.25, 0.3) is 0 Å². The highest BCUT2D eigenvalue weighted by atomic mass is 16.3. The van der Waals surface area contributed by atoms with E-state index >= 15 is 0 Å². The summed E-state index contributed by atoms with van der Waals surface area (Å²) in [6, 6.07) is 0. The van der Waals surface area contributed by atoms with E-state index in [0.717, 1.165) is 43.8 Å². The average Bonchev–Trinajstić information content (AvgIpc) is 2.11. The summed E-state index contributed by atoms with van der Waals surface area (Å²) in [6.45, 7) is 6.27. The molecule has 0 saturated carbocycles. The fourth-order valence-electron chi connectivity index (χ4n) is 1.97. The van der Waals surface area contributed by atoms with Gasteiger partial charge < -0.3 is 14.7 Å². The van der Waals surface area contributed by atoms with Gasteiger partial charge in [-0.3, -0.25) is 4.90 Å². The number of rotatable bonds is 4. The van der Waals surface area contributed by atoms with Crippen molar-refractivity contribution in [1.29, 1.82) is 0 Å². The predicted octanol–water partition coefficient (Wildman–Crippen LogP) is -1.27. The molecule has 1 aliphatic heterocycles. The summed E-state index contributed by atoms with van der Waals surface area (Å²) in [5.74, 6) is 0. The quantitative estimate of drug-likeness (QED) is 0.542. The molecule has 1 fully saturated rings. The first-order chi connectivity index (χ1) is 6.22. The van der Waals surface area contributed by atoms with Crippen LogP contribution in [0.2, 0.25) is 0 Å². The second-order valence-corrected chi connectivity index (χ2v) is 3.99. The summed E-state index contributed by atoms with van der Waals surface area (Å²) in [6.07, 6.45) is 0. The Bertz CT molecular complexity index is 137. The number of piperazine rings is 1. The molecule has 0 aromatic carbocycles. The van der Waals surface area contributed by atoms with Crippen molar-refractivity contribution in [2.75, 3.05) is 59.5 Å². The van der Waals surface area contributed by atoms with E-state index in [2.05, 4.69) is 11.9 Å². The number of aliphatic hydroxyl groups is 2. The first kappa shape index (κ1) is 10.9. The van der Waals surface area contributed by atoms with E-state index in [4.69, 9.17) is 10.2 Å². The Labute approximate surface area is 80.0 Å². The van der Waals surface area contributed by atoms with Gasteiger partial charge in [0.25, 0.3) is 0 Å². The van der Waals surface area contributed by atoms with E-state index in [9.17, 15) is 0 Å². The first-order valence-electron chi connectivity index (χ1n) is 4.98. The molecule has 1 aliphatic rings. The maximum absolute atomic E-state index is 8.97. The summed E-state index contributed by atoms with van der Waals surface area (Å²) in [4.78, 5) is 2.30. The minimum Gasteiger partial charge on any atom is -0.391 e. The number of hydrogen-bond donors (Lipinski definition) is 2. The molecule has 13 heavy (non-hydrogen) atoms. The fourth-order valence-corrected chi connectivity index (χ4v) is 1.97. The number of hydrogen-bond acceptors (Lipinski definition) is 3. The van der Waals surface area contributed by atoms with Crippen molar-refractivity contribution >= 4 is 0 Å². The van der Waals surface area contributed by atoms with Crippen LogP contribution < -0.4 is 0 Å². The van der Waals surface area contributed by atoms with E-state index in [-0.39, 0.29) is 13.2 Å². The highest BCUT2D eigenvalue weighted by molar-refractivity contribution is 4.59. The second-order valence-electron chi connectivity index (χ2n) is 3.99. The van der Waals surface area contributed by atoms with Crippen molar-refractivity contribution < 1.29 is 14.7 Å². The van der Waals surface area contributed by atoms with Crippen molar-refractivity contribution in [3.63, 3.8) is 0 Å². The molecule has 0 bridgehead atoms. The summed E-state index contributed by atoms with van der Waals surface area (Å²) in [5, 5.41) is 17.9. The zero-order valence-corrected chi connectivity index (χ0v) is 8.45. The smallest absolute Gasteiger partial charge is 0.102 e. The average molecular weight is 189 g/mol. The topological polar surface area (TPSA) is 43.7 Å². The van der Waals surface area contributed by atoms with Crippen LogP contribution in [0.1, 0.15) is 0 Å². The number of likely N-dealkylation sites (N-methyl/N-ethyl adjacent to an activating group) is 1. The molecule has 0 spiro atoms. The van der Waals surface area contributed by atoms with Crippen LogP contribution in [0.15, 0.2) is 0 Å². The molecule has 1 saturated heterocycles. The maximum atomic E-state index is 8.97. The normalized spacial score (nSPS) is 23.3. The molecule has 0 amide bonds. The van der Waals surface area contributed by atoms with Gasteiger partial charge in [0, 0.05) is 13.1 Å². The van der Waals surface area contributed by atoms with Gasteiger partial charge >= 0.3 is 0 Å². The van der Waals surface area contributed by atoms with Gasteiger partial charge in [0.2, 0.25) is 0 Å². The molecular weight excluding hydrogens is 168 g/mol. The highest BCUT2D eigenvalue weighted by Crippen LogP contribution is 2.11. The molecule has 0 unspecified atom stereocenters. The van der Waals surface area contributed by atoms with Crippen LogP contribution in [0.5, 0.6) is 0 Å². The van der Waals surface area contributed by atoms with Gasteiger partial charge in [-0.2, -0.15) is 0 Å². The van der Waals surface area contributed by atoms with Gasteiger partial charge in [0.1, 0.15) is 13.1 Å². The maximum Gasteiger partial charge on any atom is 0.102 e. The van der Waals surface area contributed by atoms with E-state index < -0.39 is 0 Å². The van der Waals surface area contributed by atoms with Crippen LogP contribution in [0.3, 0.4) is 0 Å². The second kappa shape index (κ2) is 4.91. The first-order valence-corrected chi connectivity index (χ1v) is 4.98. The Morgan fingerprint density at radius 1 is 1.08 bits per heavy atom. The van der Waals surface area contributed by atoms with Crippen molar-refractivity contribution in [2.45, 2.75) is 0 Å². The molecule has 4 heteroatoms. The molecule has 1 heterocycles. The predicted molar refractivity (Wildman–Crippen MR) is 51.4 cm³/mol. The van der Waals surface area contributed by atoms with Crippen LogP contribution in [0, 0.1) is 0 Å². The molecule has 2 N–H and O–H groups in total. The Morgan fingerprint density at radius 3 is 1.92 bits per heavy atom. The van der Waals surface area contributed by atoms with Gasteiger partial charge in [-0.25, -0.2) is 0 Å². The lowest BCUT2D eigenvalue weighted by atomic mass is 10.2. The molecular formula is C9H21N2O2+. The van der Waals surface area contributed by atoms with E-state index in [1.54, 1.807) is 0 Å². The number of quaternary nitrogens is 1. The SMILES string of the molecule is CN1CC[N+](CCO)(CCO)CC1. The summed E-state index contributed by atoms with van der Waals surface area (Å²) < 4.78 is 0.886. The standard InChI is InChI=1S/C9H21N2O2/c1-10-2-4-11(5-3-10,6-8-12)7-9-13/h12-13H,2-9H2,1H3/q+1. The largest absolute Gasteiger partial charge is 0.391 e. The van der Waals surface area contributed by atoms with Gasteiger partial charge in [-0.05, 0) is 7.05 Å². The minimum absolute atomic E-state index is 0.226. The van der Waals surface area contributed by atoms with Crippen LogP contribution >= 0.6 is 0 Å². The van der Waals surface area contributed by atoms with Gasteiger partial charge in [-0.1, -0.05) is 0 Å². The number of nitrogens with zero attached hydrogens (tertiary/aromatic N) is 2. The van der Waals surface area contributed by atoms with Gasteiger partial charge in [0.05, 0.1) is 26.3 Å². The lowest BCUT2D eigenvalue weighted by Crippen LogP contribution is -2.60. The van der Waals surface area contributed by atoms with E-state index in [1.807, 2.05) is 0 Å². The van der Waals surface area contributed by atoms with Crippen LogP contribution in [-0.2, 0) is 0 Å². The van der Waals surface area contributed by atoms with Crippen molar-refractivity contribution in [1.82, 2.24) is 4.90 Å². The Morgan fingerprint density at radius 2 is 1.54 bits per heavy atom. The summed E-state index contributed by atoms with van der Waals surface area (Å²) in [7, 11) is 2.12. The molecule has 0 aromatic rings.